The average molecular weight is 283 g/mol. The molecular formula is C13H15ClN2O3. The summed E-state index contributed by atoms with van der Waals surface area (Å²) in [6, 6.07) is 4.68. The number of benzene rings is 1. The second-order valence-electron chi connectivity index (χ2n) is 4.64. The SMILES string of the molecule is NC(=O)C1CCN(c2ccc(C(=O)O)cc2Cl)CC1. The molecule has 3 N–H and O–H groups in total. The molecule has 0 aromatic heterocycles. The molecule has 1 heterocycles. The molecule has 0 aliphatic carbocycles. The summed E-state index contributed by atoms with van der Waals surface area (Å²) in [7, 11) is 0. The first-order valence-corrected chi connectivity index (χ1v) is 6.44. The monoisotopic (exact) mass is 282 g/mol. The number of nitrogens with two attached hydrogens (primary N) is 1. The molecule has 6 heteroatoms. The molecule has 5 nitrogen and oxygen atoms in total. The van der Waals surface area contributed by atoms with Crippen LogP contribution in [0.25, 0.3) is 0 Å². The largest absolute Gasteiger partial charge is 0.478 e. The van der Waals surface area contributed by atoms with Gasteiger partial charge in [0.1, 0.15) is 0 Å². The lowest BCUT2D eigenvalue weighted by Crippen LogP contribution is -2.38. The maximum atomic E-state index is 11.1. The first-order chi connectivity index (χ1) is 8.99. The van der Waals surface area contributed by atoms with Crippen molar-refractivity contribution in [2.24, 2.45) is 11.7 Å². The van der Waals surface area contributed by atoms with Crippen LogP contribution in [0.2, 0.25) is 5.02 Å². The summed E-state index contributed by atoms with van der Waals surface area (Å²) < 4.78 is 0. The summed E-state index contributed by atoms with van der Waals surface area (Å²) in [6.07, 6.45) is 1.40. The van der Waals surface area contributed by atoms with E-state index in [0.29, 0.717) is 31.0 Å². The Bertz CT molecular complexity index is 511. The zero-order chi connectivity index (χ0) is 14.0. The predicted molar refractivity (Wildman–Crippen MR) is 72.5 cm³/mol. The molecule has 0 radical (unpaired) electrons. The van der Waals surface area contributed by atoms with Crippen LogP contribution in [-0.2, 0) is 4.79 Å². The van der Waals surface area contributed by atoms with Crippen molar-refractivity contribution < 1.29 is 14.7 Å². The number of aromatic carboxylic acids is 1. The van der Waals surface area contributed by atoms with E-state index in [4.69, 9.17) is 22.4 Å². The van der Waals surface area contributed by atoms with E-state index in [1.54, 1.807) is 6.07 Å². The van der Waals surface area contributed by atoms with Crippen LogP contribution < -0.4 is 10.6 Å². The Labute approximate surface area is 116 Å². The lowest BCUT2D eigenvalue weighted by atomic mass is 9.96. The minimum Gasteiger partial charge on any atom is -0.478 e. The van der Waals surface area contributed by atoms with Gasteiger partial charge in [0.2, 0.25) is 5.91 Å². The molecule has 19 heavy (non-hydrogen) atoms. The maximum absolute atomic E-state index is 11.1. The first-order valence-electron chi connectivity index (χ1n) is 6.06. The quantitative estimate of drug-likeness (QED) is 0.884. The zero-order valence-electron chi connectivity index (χ0n) is 10.3. The number of hydrogen-bond donors (Lipinski definition) is 2. The third-order valence-electron chi connectivity index (χ3n) is 3.43. The van der Waals surface area contributed by atoms with E-state index in [9.17, 15) is 9.59 Å². The Morgan fingerprint density at radius 3 is 2.42 bits per heavy atom. The van der Waals surface area contributed by atoms with Gasteiger partial charge in [-0.2, -0.15) is 0 Å². The van der Waals surface area contributed by atoms with E-state index in [0.717, 1.165) is 5.69 Å². The third-order valence-corrected chi connectivity index (χ3v) is 3.74. The highest BCUT2D eigenvalue weighted by Crippen LogP contribution is 2.30. The summed E-state index contributed by atoms with van der Waals surface area (Å²) in [5.41, 5.74) is 6.25. The number of nitrogens with zero attached hydrogens (tertiary/aromatic N) is 1. The Kier molecular flexibility index (Phi) is 3.95. The number of carboxylic acids is 1. The highest BCUT2D eigenvalue weighted by atomic mass is 35.5. The molecule has 0 atom stereocenters. The van der Waals surface area contributed by atoms with Crippen molar-refractivity contribution in [2.45, 2.75) is 12.8 Å². The number of carbonyl (C=O) groups excluding carboxylic acids is 1. The minimum absolute atomic E-state index is 0.0756. The number of rotatable bonds is 3. The lowest BCUT2D eigenvalue weighted by molar-refractivity contribution is -0.122. The molecule has 1 aliphatic rings. The predicted octanol–water partition coefficient (Wildman–Crippen LogP) is 1.74. The molecule has 1 saturated heterocycles. The van der Waals surface area contributed by atoms with Gasteiger partial charge < -0.3 is 15.7 Å². The van der Waals surface area contributed by atoms with Gasteiger partial charge in [0.15, 0.2) is 0 Å². The number of halogens is 1. The molecule has 1 amide bonds. The van der Waals surface area contributed by atoms with Gasteiger partial charge in [-0.25, -0.2) is 4.79 Å². The summed E-state index contributed by atoms with van der Waals surface area (Å²) >= 11 is 6.11. The van der Waals surface area contributed by atoms with Gasteiger partial charge in [-0.1, -0.05) is 11.6 Å². The van der Waals surface area contributed by atoms with E-state index in [1.165, 1.54) is 12.1 Å². The fourth-order valence-corrected chi connectivity index (χ4v) is 2.60. The molecular weight excluding hydrogens is 268 g/mol. The number of piperidine rings is 1. The van der Waals surface area contributed by atoms with Crippen molar-refractivity contribution in [1.82, 2.24) is 0 Å². The van der Waals surface area contributed by atoms with E-state index >= 15 is 0 Å². The molecule has 0 bridgehead atoms. The summed E-state index contributed by atoms with van der Waals surface area (Å²) in [6.45, 7) is 1.39. The summed E-state index contributed by atoms with van der Waals surface area (Å²) in [5, 5.41) is 9.30. The van der Waals surface area contributed by atoms with Crippen LogP contribution in [0.3, 0.4) is 0 Å². The molecule has 0 unspecified atom stereocenters. The molecule has 1 fully saturated rings. The van der Waals surface area contributed by atoms with Crippen molar-refractivity contribution in [3.05, 3.63) is 28.8 Å². The van der Waals surface area contributed by atoms with Crippen LogP contribution in [0.15, 0.2) is 18.2 Å². The summed E-state index contributed by atoms with van der Waals surface area (Å²) in [5.74, 6) is -1.33. The maximum Gasteiger partial charge on any atom is 0.335 e. The van der Waals surface area contributed by atoms with Crippen molar-refractivity contribution in [3.8, 4) is 0 Å². The lowest BCUT2D eigenvalue weighted by Gasteiger charge is -2.32. The number of anilines is 1. The molecule has 0 saturated carbocycles. The van der Waals surface area contributed by atoms with Gasteiger partial charge in [0.25, 0.3) is 0 Å². The Hall–Kier alpha value is -1.75. The van der Waals surface area contributed by atoms with Gasteiger partial charge in [0.05, 0.1) is 16.3 Å². The molecule has 102 valence electrons. The van der Waals surface area contributed by atoms with Crippen LogP contribution in [0.5, 0.6) is 0 Å². The second kappa shape index (κ2) is 5.48. The molecule has 1 aromatic rings. The Balaban J connectivity index is 2.11. The number of carboxylic acid groups (broad SMARTS) is 1. The van der Waals surface area contributed by atoms with Crippen molar-refractivity contribution in [2.75, 3.05) is 18.0 Å². The standard InChI is InChI=1S/C13H15ClN2O3/c14-10-7-9(13(18)19)1-2-11(10)16-5-3-8(4-6-16)12(15)17/h1-2,7-8H,3-6H2,(H2,15,17)(H,18,19). The number of amides is 1. The van der Waals surface area contributed by atoms with Gasteiger partial charge in [0, 0.05) is 19.0 Å². The van der Waals surface area contributed by atoms with Crippen LogP contribution in [-0.4, -0.2) is 30.1 Å². The zero-order valence-corrected chi connectivity index (χ0v) is 11.1. The Morgan fingerprint density at radius 1 is 1.32 bits per heavy atom. The van der Waals surface area contributed by atoms with Crippen LogP contribution in [0, 0.1) is 5.92 Å². The van der Waals surface area contributed by atoms with Crippen LogP contribution in [0.4, 0.5) is 5.69 Å². The topological polar surface area (TPSA) is 83.6 Å². The van der Waals surface area contributed by atoms with E-state index < -0.39 is 5.97 Å². The molecule has 1 aromatic carbocycles. The van der Waals surface area contributed by atoms with Crippen LogP contribution in [0.1, 0.15) is 23.2 Å². The average Bonchev–Trinajstić information content (AvgIpc) is 2.38. The fraction of sp³-hybridized carbons (Fsp3) is 0.385. The van der Waals surface area contributed by atoms with E-state index in [2.05, 4.69) is 0 Å². The molecule has 2 rings (SSSR count). The van der Waals surface area contributed by atoms with Gasteiger partial charge in [-0.15, -0.1) is 0 Å². The third kappa shape index (κ3) is 2.98. The van der Waals surface area contributed by atoms with Gasteiger partial charge in [-0.05, 0) is 31.0 Å². The van der Waals surface area contributed by atoms with Gasteiger partial charge in [-0.3, -0.25) is 4.79 Å². The van der Waals surface area contributed by atoms with Crippen molar-refractivity contribution in [3.63, 3.8) is 0 Å². The normalized spacial score (nSPS) is 16.4. The smallest absolute Gasteiger partial charge is 0.335 e. The number of carbonyl (C=O) groups is 2. The Morgan fingerprint density at radius 2 is 1.95 bits per heavy atom. The number of primary amides is 1. The molecule has 1 aliphatic heterocycles. The van der Waals surface area contributed by atoms with Crippen molar-refractivity contribution in [1.29, 1.82) is 0 Å². The number of hydrogen-bond acceptors (Lipinski definition) is 3. The fourth-order valence-electron chi connectivity index (χ4n) is 2.30. The van der Waals surface area contributed by atoms with Crippen molar-refractivity contribution >= 4 is 29.2 Å². The van der Waals surface area contributed by atoms with Crippen LogP contribution >= 0.6 is 11.6 Å². The van der Waals surface area contributed by atoms with E-state index in [-0.39, 0.29) is 17.4 Å². The second-order valence-corrected chi connectivity index (χ2v) is 5.04. The summed E-state index contributed by atoms with van der Waals surface area (Å²) in [4.78, 5) is 24.0. The first kappa shape index (κ1) is 13.7. The minimum atomic E-state index is -0.999. The highest BCUT2D eigenvalue weighted by Gasteiger charge is 2.24. The molecule has 0 spiro atoms. The van der Waals surface area contributed by atoms with Gasteiger partial charge >= 0.3 is 5.97 Å². The van der Waals surface area contributed by atoms with E-state index in [1.807, 2.05) is 4.90 Å². The highest BCUT2D eigenvalue weighted by molar-refractivity contribution is 6.33.